The predicted molar refractivity (Wildman–Crippen MR) is 107 cm³/mol. The van der Waals surface area contributed by atoms with E-state index < -0.39 is 0 Å². The van der Waals surface area contributed by atoms with Crippen molar-refractivity contribution in [2.24, 2.45) is 0 Å². The fourth-order valence-electron chi connectivity index (χ4n) is 3.26. The third-order valence-electron chi connectivity index (χ3n) is 4.65. The summed E-state index contributed by atoms with van der Waals surface area (Å²) in [4.78, 5) is 13.1. The fraction of sp³-hybridized carbons (Fsp3) is 0.0476. The first-order chi connectivity index (χ1) is 13.2. The molecule has 5 nitrogen and oxygen atoms in total. The maximum absolute atomic E-state index is 6.18. The van der Waals surface area contributed by atoms with Crippen molar-refractivity contribution in [3.63, 3.8) is 0 Å². The van der Waals surface area contributed by atoms with Crippen LogP contribution in [0.4, 0.5) is 0 Å². The Morgan fingerprint density at radius 1 is 0.889 bits per heavy atom. The predicted octanol–water partition coefficient (Wildman–Crippen LogP) is 4.97. The molecule has 4 heterocycles. The van der Waals surface area contributed by atoms with Crippen LogP contribution in [0.2, 0.25) is 5.02 Å². The Balaban J connectivity index is 1.72. The molecule has 4 aromatic heterocycles. The molecule has 0 aliphatic rings. The van der Waals surface area contributed by atoms with Gasteiger partial charge in [0.15, 0.2) is 5.65 Å². The second-order valence-electron chi connectivity index (χ2n) is 6.32. The summed E-state index contributed by atoms with van der Waals surface area (Å²) < 4.78 is 1.83. The topological polar surface area (TPSA) is 56.0 Å². The number of aromatic nitrogens is 5. The van der Waals surface area contributed by atoms with Crippen LogP contribution in [0.15, 0.2) is 67.3 Å². The van der Waals surface area contributed by atoms with E-state index in [1.165, 1.54) is 0 Å². The molecule has 0 aliphatic carbocycles. The van der Waals surface area contributed by atoms with E-state index in [0.29, 0.717) is 5.02 Å². The largest absolute Gasteiger partial charge is 0.265 e. The Morgan fingerprint density at radius 3 is 2.59 bits per heavy atom. The molecule has 0 spiro atoms. The summed E-state index contributed by atoms with van der Waals surface area (Å²) in [5.74, 6) is 0. The highest BCUT2D eigenvalue weighted by atomic mass is 35.5. The van der Waals surface area contributed by atoms with Crippen LogP contribution in [0.25, 0.3) is 38.9 Å². The minimum absolute atomic E-state index is 0.612. The number of fused-ring (bicyclic) bond motifs is 2. The van der Waals surface area contributed by atoms with Gasteiger partial charge in [0.05, 0.1) is 28.1 Å². The summed E-state index contributed by atoms with van der Waals surface area (Å²) >= 11 is 6.18. The van der Waals surface area contributed by atoms with Crippen LogP contribution in [-0.2, 0) is 0 Å². The Kier molecular flexibility index (Phi) is 3.62. The van der Waals surface area contributed by atoms with Gasteiger partial charge in [0.25, 0.3) is 0 Å². The van der Waals surface area contributed by atoms with Crippen LogP contribution < -0.4 is 0 Å². The van der Waals surface area contributed by atoms with Crippen molar-refractivity contribution in [3.8, 4) is 22.4 Å². The number of imidazole rings is 1. The van der Waals surface area contributed by atoms with Gasteiger partial charge in [-0.05, 0) is 42.3 Å². The number of halogens is 1. The number of pyridine rings is 2. The summed E-state index contributed by atoms with van der Waals surface area (Å²) in [6, 6.07) is 14.1. The SMILES string of the molecule is Cc1nn2c(-c3ccnc4cc(-c5ccncc5)ccc34)cnc2cc1Cl. The van der Waals surface area contributed by atoms with Gasteiger partial charge in [-0.15, -0.1) is 0 Å². The molecule has 0 bridgehead atoms. The van der Waals surface area contributed by atoms with E-state index in [9.17, 15) is 0 Å². The Morgan fingerprint density at radius 2 is 1.74 bits per heavy atom. The van der Waals surface area contributed by atoms with Crippen molar-refractivity contribution >= 4 is 28.2 Å². The molecule has 27 heavy (non-hydrogen) atoms. The Hall–Kier alpha value is -3.31. The van der Waals surface area contributed by atoms with E-state index in [1.807, 2.05) is 48.1 Å². The normalized spacial score (nSPS) is 11.3. The van der Waals surface area contributed by atoms with Gasteiger partial charge in [0.2, 0.25) is 0 Å². The van der Waals surface area contributed by atoms with Crippen LogP contribution in [0, 0.1) is 6.92 Å². The number of aryl methyl sites for hydroxylation is 1. The van der Waals surface area contributed by atoms with E-state index in [4.69, 9.17) is 11.6 Å². The second-order valence-corrected chi connectivity index (χ2v) is 6.72. The van der Waals surface area contributed by atoms with E-state index >= 15 is 0 Å². The Labute approximate surface area is 160 Å². The Bertz CT molecular complexity index is 1290. The molecule has 1 aromatic carbocycles. The molecule has 0 aliphatic heterocycles. The van der Waals surface area contributed by atoms with Crippen LogP contribution >= 0.6 is 11.6 Å². The molecule has 0 unspecified atom stereocenters. The quantitative estimate of drug-likeness (QED) is 0.439. The minimum atomic E-state index is 0.612. The summed E-state index contributed by atoms with van der Waals surface area (Å²) in [6.07, 6.45) is 7.22. The number of nitrogens with zero attached hydrogens (tertiary/aromatic N) is 5. The van der Waals surface area contributed by atoms with E-state index in [2.05, 4.69) is 38.2 Å². The molecule has 0 atom stereocenters. The first-order valence-electron chi connectivity index (χ1n) is 8.51. The lowest BCUT2D eigenvalue weighted by molar-refractivity contribution is 0.908. The highest BCUT2D eigenvalue weighted by molar-refractivity contribution is 6.31. The lowest BCUT2D eigenvalue weighted by atomic mass is 10.0. The number of hydrogen-bond donors (Lipinski definition) is 0. The molecule has 0 saturated heterocycles. The zero-order chi connectivity index (χ0) is 18.4. The van der Waals surface area contributed by atoms with Gasteiger partial charge in [-0.25, -0.2) is 9.50 Å². The van der Waals surface area contributed by atoms with Crippen molar-refractivity contribution < 1.29 is 0 Å². The van der Waals surface area contributed by atoms with Crippen molar-refractivity contribution in [3.05, 3.63) is 78.0 Å². The summed E-state index contributed by atoms with van der Waals surface area (Å²) in [5.41, 5.74) is 6.56. The summed E-state index contributed by atoms with van der Waals surface area (Å²) in [5, 5.41) is 6.24. The van der Waals surface area contributed by atoms with Crippen LogP contribution in [0.1, 0.15) is 5.69 Å². The molecule has 0 amide bonds. The van der Waals surface area contributed by atoms with Crippen molar-refractivity contribution in [2.45, 2.75) is 6.92 Å². The third kappa shape index (κ3) is 2.64. The van der Waals surface area contributed by atoms with Gasteiger partial charge >= 0.3 is 0 Å². The maximum Gasteiger partial charge on any atom is 0.155 e. The van der Waals surface area contributed by atoms with Gasteiger partial charge in [-0.2, -0.15) is 5.10 Å². The average Bonchev–Trinajstić information content (AvgIpc) is 3.10. The lowest BCUT2D eigenvalue weighted by Crippen LogP contribution is -1.98. The fourth-order valence-corrected chi connectivity index (χ4v) is 3.39. The molecule has 5 aromatic rings. The first-order valence-corrected chi connectivity index (χ1v) is 8.89. The molecular formula is C21H14ClN5. The molecule has 0 fully saturated rings. The highest BCUT2D eigenvalue weighted by Gasteiger charge is 2.13. The minimum Gasteiger partial charge on any atom is -0.265 e. The second kappa shape index (κ2) is 6.14. The summed E-state index contributed by atoms with van der Waals surface area (Å²) in [7, 11) is 0. The number of benzene rings is 1. The van der Waals surface area contributed by atoms with Gasteiger partial charge in [0, 0.05) is 35.6 Å². The van der Waals surface area contributed by atoms with E-state index in [1.54, 1.807) is 12.4 Å². The van der Waals surface area contributed by atoms with Gasteiger partial charge < -0.3 is 0 Å². The standard InChI is InChI=1S/C21H14ClN5/c1-13-18(22)11-21-25-12-20(27(21)26-13)17-6-9-24-19-10-15(2-3-16(17)19)14-4-7-23-8-5-14/h2-12H,1H3. The van der Waals surface area contributed by atoms with Crippen molar-refractivity contribution in [1.82, 2.24) is 24.6 Å². The zero-order valence-electron chi connectivity index (χ0n) is 14.5. The van der Waals surface area contributed by atoms with Gasteiger partial charge in [0.1, 0.15) is 0 Å². The van der Waals surface area contributed by atoms with Gasteiger partial charge in [-0.3, -0.25) is 9.97 Å². The third-order valence-corrected chi connectivity index (χ3v) is 5.03. The van der Waals surface area contributed by atoms with E-state index in [-0.39, 0.29) is 0 Å². The molecule has 0 radical (unpaired) electrons. The lowest BCUT2D eigenvalue weighted by Gasteiger charge is -2.08. The molecule has 5 rings (SSSR count). The van der Waals surface area contributed by atoms with E-state index in [0.717, 1.165) is 44.6 Å². The van der Waals surface area contributed by atoms with Crippen LogP contribution in [0.5, 0.6) is 0 Å². The van der Waals surface area contributed by atoms with Gasteiger partial charge in [-0.1, -0.05) is 23.7 Å². The number of rotatable bonds is 2. The number of hydrogen-bond acceptors (Lipinski definition) is 4. The molecule has 6 heteroatoms. The highest BCUT2D eigenvalue weighted by Crippen LogP contribution is 2.31. The average molecular weight is 372 g/mol. The molecule has 0 saturated carbocycles. The summed E-state index contributed by atoms with van der Waals surface area (Å²) in [6.45, 7) is 1.89. The van der Waals surface area contributed by atoms with Crippen LogP contribution in [0.3, 0.4) is 0 Å². The van der Waals surface area contributed by atoms with Crippen molar-refractivity contribution in [1.29, 1.82) is 0 Å². The zero-order valence-corrected chi connectivity index (χ0v) is 15.2. The van der Waals surface area contributed by atoms with Crippen LogP contribution in [-0.4, -0.2) is 24.6 Å². The maximum atomic E-state index is 6.18. The van der Waals surface area contributed by atoms with Crippen molar-refractivity contribution in [2.75, 3.05) is 0 Å². The smallest absolute Gasteiger partial charge is 0.155 e. The molecular weight excluding hydrogens is 358 g/mol. The molecule has 0 N–H and O–H groups in total. The molecule has 130 valence electrons. The monoisotopic (exact) mass is 371 g/mol. The first kappa shape index (κ1) is 15.9.